The van der Waals surface area contributed by atoms with E-state index in [1.807, 2.05) is 0 Å². The largest absolute Gasteiger partial charge is 1.00 e. The Bertz CT molecular complexity index is 1340. The summed E-state index contributed by atoms with van der Waals surface area (Å²) in [7, 11) is -4.83. The molecule has 7 nitrogen and oxygen atoms in total. The third-order valence-corrected chi connectivity index (χ3v) is 12.3. The first-order valence-corrected chi connectivity index (χ1v) is 26.5. The Kier molecular flexibility index (Phi) is 42.7. The van der Waals surface area contributed by atoms with E-state index < -0.39 is 27.0 Å². The molecule has 0 unspecified atom stereocenters. The van der Waals surface area contributed by atoms with Gasteiger partial charge in [-0.2, -0.15) is 0 Å². The van der Waals surface area contributed by atoms with Crippen molar-refractivity contribution in [2.24, 2.45) is 0 Å². The van der Waals surface area contributed by atoms with Gasteiger partial charge in [0, 0.05) is 0 Å². The van der Waals surface area contributed by atoms with Crippen molar-refractivity contribution >= 4 is 22.1 Å². The molecule has 0 N–H and O–H groups in total. The molecule has 0 radical (unpaired) electrons. The number of esters is 2. The minimum Gasteiger partial charge on any atom is -0.744 e. The number of hydrogen-bond acceptors (Lipinski definition) is 7. The minimum atomic E-state index is -4.83. The molecule has 0 spiro atoms. The number of carbonyl (C=O) groups excluding carboxylic acids is 2. The van der Waals surface area contributed by atoms with Crippen LogP contribution >= 0.6 is 0 Å². The second-order valence-electron chi connectivity index (χ2n) is 17.1. The summed E-state index contributed by atoms with van der Waals surface area (Å²) in [4.78, 5) is 25.3. The minimum absolute atomic E-state index is 0. The molecule has 346 valence electrons. The maximum atomic E-state index is 13.0. The van der Waals surface area contributed by atoms with Crippen molar-refractivity contribution < 1.29 is 61.6 Å². The Hall–Kier alpha value is -1.45. The number of carbonyl (C=O) groups is 2. The standard InChI is InChI=1S/C52H90O7S.Na/c1-3-5-7-9-11-13-15-17-19-21-23-25-27-29-31-33-35-37-39-41-45-58-51(53)49-44-43-48(60(55,56)57)47-50(49)52(54)59-46-42-40-38-36-34-32-30-28-26-24-22-20-18-16-14-12-10-8-6-4-2;/h35-38,43-44,47H,3-34,39-42,45-46H2,1-2H3,(H,55,56,57);/q;+1/p-1/b37-35+,38-36+;. The zero-order valence-electron chi connectivity index (χ0n) is 39.7. The van der Waals surface area contributed by atoms with Crippen LogP contribution in [0.3, 0.4) is 0 Å². The van der Waals surface area contributed by atoms with Crippen LogP contribution in [-0.4, -0.2) is 38.1 Å². The van der Waals surface area contributed by atoms with Crippen LogP contribution in [0.15, 0.2) is 47.4 Å². The molecule has 0 saturated carbocycles. The van der Waals surface area contributed by atoms with Gasteiger partial charge in [-0.3, -0.25) is 0 Å². The van der Waals surface area contributed by atoms with Gasteiger partial charge in [0.25, 0.3) is 0 Å². The van der Waals surface area contributed by atoms with Gasteiger partial charge < -0.3 is 14.0 Å². The third-order valence-electron chi connectivity index (χ3n) is 11.5. The van der Waals surface area contributed by atoms with Crippen molar-refractivity contribution in [1.29, 1.82) is 0 Å². The summed E-state index contributed by atoms with van der Waals surface area (Å²) in [5.74, 6) is -1.60. The second-order valence-corrected chi connectivity index (χ2v) is 18.5. The van der Waals surface area contributed by atoms with E-state index in [0.717, 1.165) is 43.9 Å². The van der Waals surface area contributed by atoms with E-state index in [-0.39, 0.29) is 53.9 Å². The number of hydrogen-bond donors (Lipinski definition) is 0. The average Bonchev–Trinajstić information content (AvgIpc) is 3.24. The molecule has 0 heterocycles. The molecule has 0 bridgehead atoms. The van der Waals surface area contributed by atoms with Gasteiger partial charge in [-0.05, 0) is 69.6 Å². The normalized spacial score (nSPS) is 11.7. The first kappa shape index (κ1) is 59.5. The third kappa shape index (κ3) is 36.6. The molecule has 0 saturated heterocycles. The molecule has 0 atom stereocenters. The smallest absolute Gasteiger partial charge is 0.744 e. The van der Waals surface area contributed by atoms with E-state index in [9.17, 15) is 22.6 Å². The quantitative estimate of drug-likeness (QED) is 0.0211. The molecule has 0 aromatic heterocycles. The van der Waals surface area contributed by atoms with Crippen molar-refractivity contribution in [3.63, 3.8) is 0 Å². The summed E-state index contributed by atoms with van der Waals surface area (Å²) < 4.78 is 45.8. The van der Waals surface area contributed by atoms with Crippen molar-refractivity contribution in [1.82, 2.24) is 0 Å². The average molecular weight is 881 g/mol. The summed E-state index contributed by atoms with van der Waals surface area (Å²) in [5.41, 5.74) is -0.386. The number of unbranched alkanes of at least 4 members (excludes halogenated alkanes) is 32. The molecule has 61 heavy (non-hydrogen) atoms. The molecule has 1 aromatic carbocycles. The van der Waals surface area contributed by atoms with Gasteiger partial charge in [-0.15, -0.1) is 0 Å². The topological polar surface area (TPSA) is 110 Å². The number of ether oxygens (including phenoxy) is 2. The van der Waals surface area contributed by atoms with Crippen LogP contribution in [0.25, 0.3) is 0 Å². The van der Waals surface area contributed by atoms with Crippen molar-refractivity contribution in [2.45, 2.75) is 250 Å². The summed E-state index contributed by atoms with van der Waals surface area (Å²) >= 11 is 0. The van der Waals surface area contributed by atoms with E-state index in [1.165, 1.54) is 193 Å². The summed E-state index contributed by atoms with van der Waals surface area (Å²) in [6.45, 7) is 4.81. The van der Waals surface area contributed by atoms with E-state index in [0.29, 0.717) is 12.8 Å². The maximum absolute atomic E-state index is 13.0. The van der Waals surface area contributed by atoms with Crippen molar-refractivity contribution in [3.05, 3.63) is 53.6 Å². The molecule has 1 aromatic rings. The van der Waals surface area contributed by atoms with Crippen molar-refractivity contribution in [3.8, 4) is 0 Å². The first-order valence-electron chi connectivity index (χ1n) is 25.0. The van der Waals surface area contributed by atoms with Crippen LogP contribution in [-0.2, 0) is 19.6 Å². The van der Waals surface area contributed by atoms with Crippen LogP contribution in [0.1, 0.15) is 266 Å². The van der Waals surface area contributed by atoms with Gasteiger partial charge in [0.15, 0.2) is 0 Å². The fourth-order valence-corrected chi connectivity index (χ4v) is 8.15. The fourth-order valence-electron chi connectivity index (χ4n) is 7.65. The second kappa shape index (κ2) is 43.8. The Labute approximate surface area is 397 Å². The molecule has 0 fully saturated rings. The van der Waals surface area contributed by atoms with Gasteiger partial charge in [0.2, 0.25) is 0 Å². The summed E-state index contributed by atoms with van der Waals surface area (Å²) in [6, 6.07) is 3.10. The monoisotopic (exact) mass is 881 g/mol. The molecule has 9 heteroatoms. The molecule has 1 rings (SSSR count). The van der Waals surface area contributed by atoms with E-state index >= 15 is 0 Å². The SMILES string of the molecule is CCCCCCCCCCCCCCCCC/C=C/CCCOC(=O)c1ccc(S(=O)(=O)[O-])cc1C(=O)OCCC/C=C/CCCCCCCCCCCCCCCCC.[Na+]. The number of rotatable bonds is 43. The predicted molar refractivity (Wildman–Crippen MR) is 251 cm³/mol. The van der Waals surface area contributed by atoms with Gasteiger partial charge in [-0.25, -0.2) is 18.0 Å². The van der Waals surface area contributed by atoms with E-state index in [4.69, 9.17) is 9.47 Å². The maximum Gasteiger partial charge on any atom is 1.00 e. The molecular formula is C52H89NaO7S. The Morgan fingerprint density at radius 1 is 0.443 bits per heavy atom. The van der Waals surface area contributed by atoms with Crippen LogP contribution in [0.5, 0.6) is 0 Å². The van der Waals surface area contributed by atoms with Crippen molar-refractivity contribution in [2.75, 3.05) is 13.2 Å². The molecular weight excluding hydrogens is 792 g/mol. The fraction of sp³-hybridized carbons (Fsp3) is 0.769. The zero-order chi connectivity index (χ0) is 43.6. The first-order chi connectivity index (χ1) is 29.3. The Morgan fingerprint density at radius 2 is 0.721 bits per heavy atom. The van der Waals surface area contributed by atoms with E-state index in [2.05, 4.69) is 38.2 Å². The van der Waals surface area contributed by atoms with Gasteiger partial charge in [0.1, 0.15) is 10.1 Å². The zero-order valence-corrected chi connectivity index (χ0v) is 42.5. The summed E-state index contributed by atoms with van der Waals surface area (Å²) in [6.07, 6.45) is 54.0. The van der Waals surface area contributed by atoms with Crippen LogP contribution in [0, 0.1) is 0 Å². The summed E-state index contributed by atoms with van der Waals surface area (Å²) in [5, 5.41) is 0. The van der Waals surface area contributed by atoms with Gasteiger partial charge in [0.05, 0.1) is 29.2 Å². The van der Waals surface area contributed by atoms with Crippen LogP contribution in [0.2, 0.25) is 0 Å². The molecule has 0 aliphatic rings. The Balaban J connectivity index is 0.0000360. The van der Waals surface area contributed by atoms with Gasteiger partial charge >= 0.3 is 41.5 Å². The van der Waals surface area contributed by atoms with Crippen LogP contribution < -0.4 is 29.6 Å². The van der Waals surface area contributed by atoms with Crippen LogP contribution in [0.4, 0.5) is 0 Å². The van der Waals surface area contributed by atoms with E-state index in [1.54, 1.807) is 0 Å². The molecule has 0 aliphatic carbocycles. The number of benzene rings is 1. The predicted octanol–water partition coefficient (Wildman–Crippen LogP) is 13.1. The molecule has 0 aliphatic heterocycles. The van der Waals surface area contributed by atoms with Gasteiger partial charge in [-0.1, -0.05) is 218 Å². The molecule has 0 amide bonds. The Morgan fingerprint density at radius 3 is 1.03 bits per heavy atom. The number of allylic oxidation sites excluding steroid dienone is 4.